The third-order valence-corrected chi connectivity index (χ3v) is 7.29. The molecule has 0 fully saturated rings. The first-order valence-electron chi connectivity index (χ1n) is 15.5. The molecule has 0 bridgehead atoms. The average Bonchev–Trinajstić information content (AvgIpc) is 2.88. The first-order valence-corrected chi connectivity index (χ1v) is 15.5. The summed E-state index contributed by atoms with van der Waals surface area (Å²) in [6, 6.07) is 9.50. The number of hydrogen-bond donors (Lipinski definition) is 0. The molecule has 0 saturated carbocycles. The van der Waals surface area contributed by atoms with E-state index in [-0.39, 0.29) is 12.1 Å². The molecular formula is C33H58O2. The van der Waals surface area contributed by atoms with Crippen molar-refractivity contribution in [3.05, 3.63) is 35.9 Å². The van der Waals surface area contributed by atoms with Gasteiger partial charge in [-0.2, -0.15) is 0 Å². The van der Waals surface area contributed by atoms with Crippen LogP contribution in [0.1, 0.15) is 172 Å². The van der Waals surface area contributed by atoms with Crippen molar-refractivity contribution in [3.63, 3.8) is 0 Å². The van der Waals surface area contributed by atoms with Crippen molar-refractivity contribution >= 4 is 5.97 Å². The summed E-state index contributed by atoms with van der Waals surface area (Å²) in [4.78, 5) is 12.6. The van der Waals surface area contributed by atoms with Gasteiger partial charge >= 0.3 is 5.97 Å². The molecule has 0 spiro atoms. The van der Waals surface area contributed by atoms with Crippen LogP contribution in [0.5, 0.6) is 0 Å². The third-order valence-electron chi connectivity index (χ3n) is 7.29. The summed E-state index contributed by atoms with van der Waals surface area (Å²) in [6.07, 6.45) is 30.5. The minimum absolute atomic E-state index is 0.0790. The summed E-state index contributed by atoms with van der Waals surface area (Å²) in [5.74, 6) is -0.147. The van der Waals surface area contributed by atoms with Crippen LogP contribution in [0.3, 0.4) is 0 Å². The lowest BCUT2D eigenvalue weighted by atomic mass is 10.0. The van der Waals surface area contributed by atoms with E-state index in [1.165, 1.54) is 135 Å². The second-order valence-corrected chi connectivity index (χ2v) is 10.7. The fourth-order valence-corrected chi connectivity index (χ4v) is 4.95. The minimum atomic E-state index is -0.147. The Morgan fingerprint density at radius 2 is 0.886 bits per heavy atom. The number of carbonyl (C=O) groups is 1. The SMILES string of the molecule is CCCCCCCCCCCCCC(CCCCCCCCCCCC)OC(=O)c1ccccc1. The van der Waals surface area contributed by atoms with Crippen molar-refractivity contribution in [2.24, 2.45) is 0 Å². The summed E-state index contributed by atoms with van der Waals surface area (Å²) >= 11 is 0. The molecule has 1 unspecified atom stereocenters. The van der Waals surface area contributed by atoms with Gasteiger partial charge in [0.1, 0.15) is 6.10 Å². The predicted molar refractivity (Wildman–Crippen MR) is 153 cm³/mol. The Morgan fingerprint density at radius 3 is 1.26 bits per heavy atom. The highest BCUT2D eigenvalue weighted by Gasteiger charge is 2.15. The lowest BCUT2D eigenvalue weighted by molar-refractivity contribution is 0.0249. The van der Waals surface area contributed by atoms with Crippen LogP contribution in [0.15, 0.2) is 30.3 Å². The van der Waals surface area contributed by atoms with E-state index in [1.54, 1.807) is 0 Å². The van der Waals surface area contributed by atoms with Crippen LogP contribution in [-0.2, 0) is 4.74 Å². The maximum absolute atomic E-state index is 12.6. The van der Waals surface area contributed by atoms with E-state index in [1.807, 2.05) is 30.3 Å². The number of esters is 1. The van der Waals surface area contributed by atoms with Gasteiger partial charge in [-0.1, -0.05) is 154 Å². The zero-order valence-corrected chi connectivity index (χ0v) is 23.5. The molecule has 0 heterocycles. The zero-order valence-electron chi connectivity index (χ0n) is 23.5. The predicted octanol–water partition coefficient (Wildman–Crippen LogP) is 11.2. The Morgan fingerprint density at radius 1 is 0.543 bits per heavy atom. The number of carbonyl (C=O) groups excluding carboxylic acids is 1. The maximum Gasteiger partial charge on any atom is 0.338 e. The molecule has 1 aromatic rings. The monoisotopic (exact) mass is 486 g/mol. The molecule has 1 aromatic carbocycles. The molecule has 0 N–H and O–H groups in total. The van der Waals surface area contributed by atoms with Crippen molar-refractivity contribution < 1.29 is 9.53 Å². The highest BCUT2D eigenvalue weighted by Crippen LogP contribution is 2.19. The topological polar surface area (TPSA) is 26.3 Å². The largest absolute Gasteiger partial charge is 0.459 e. The fourth-order valence-electron chi connectivity index (χ4n) is 4.95. The molecule has 2 nitrogen and oxygen atoms in total. The summed E-state index contributed by atoms with van der Waals surface area (Å²) in [5, 5.41) is 0. The van der Waals surface area contributed by atoms with Gasteiger partial charge in [0.15, 0.2) is 0 Å². The van der Waals surface area contributed by atoms with Crippen LogP contribution < -0.4 is 0 Å². The minimum Gasteiger partial charge on any atom is -0.459 e. The summed E-state index contributed by atoms with van der Waals surface area (Å²) in [7, 11) is 0. The highest BCUT2D eigenvalue weighted by molar-refractivity contribution is 5.89. The van der Waals surface area contributed by atoms with Crippen molar-refractivity contribution in [3.8, 4) is 0 Å². The molecule has 0 aliphatic heterocycles. The molecule has 0 radical (unpaired) electrons. The van der Waals surface area contributed by atoms with Gasteiger partial charge in [0.25, 0.3) is 0 Å². The van der Waals surface area contributed by atoms with Crippen LogP contribution in [-0.4, -0.2) is 12.1 Å². The molecule has 0 aliphatic rings. The van der Waals surface area contributed by atoms with Crippen molar-refractivity contribution in [2.45, 2.75) is 168 Å². The standard InChI is InChI=1S/C33H58O2/c1-3-5-7-9-11-13-15-17-19-21-26-30-32(35-33(34)31-27-23-22-24-28-31)29-25-20-18-16-14-12-10-8-6-4-2/h22-24,27-28,32H,3-21,25-26,29-30H2,1-2H3. The van der Waals surface area contributed by atoms with Gasteiger partial charge in [0.2, 0.25) is 0 Å². The highest BCUT2D eigenvalue weighted by atomic mass is 16.5. The van der Waals surface area contributed by atoms with E-state index < -0.39 is 0 Å². The molecule has 1 rings (SSSR count). The second kappa shape index (κ2) is 24.4. The molecule has 1 atom stereocenters. The summed E-state index contributed by atoms with van der Waals surface area (Å²) in [6.45, 7) is 4.56. The third kappa shape index (κ3) is 19.5. The van der Waals surface area contributed by atoms with E-state index in [0.29, 0.717) is 5.56 Å². The number of benzene rings is 1. The van der Waals surface area contributed by atoms with Gasteiger partial charge in [-0.15, -0.1) is 0 Å². The summed E-state index contributed by atoms with van der Waals surface area (Å²) in [5.41, 5.74) is 0.680. The first-order chi connectivity index (χ1) is 17.3. The zero-order chi connectivity index (χ0) is 25.2. The number of ether oxygens (including phenoxy) is 1. The van der Waals surface area contributed by atoms with Crippen LogP contribution in [0.2, 0.25) is 0 Å². The molecule has 35 heavy (non-hydrogen) atoms. The Balaban J connectivity index is 2.19. The van der Waals surface area contributed by atoms with Gasteiger partial charge in [-0.3, -0.25) is 0 Å². The smallest absolute Gasteiger partial charge is 0.338 e. The van der Waals surface area contributed by atoms with Crippen LogP contribution in [0.25, 0.3) is 0 Å². The molecule has 0 amide bonds. The van der Waals surface area contributed by atoms with Gasteiger partial charge in [-0.25, -0.2) is 4.79 Å². The fraction of sp³-hybridized carbons (Fsp3) is 0.788. The maximum atomic E-state index is 12.6. The van der Waals surface area contributed by atoms with Gasteiger partial charge in [0, 0.05) is 0 Å². The van der Waals surface area contributed by atoms with Crippen molar-refractivity contribution in [2.75, 3.05) is 0 Å². The van der Waals surface area contributed by atoms with E-state index in [2.05, 4.69) is 13.8 Å². The van der Waals surface area contributed by atoms with Crippen LogP contribution in [0.4, 0.5) is 0 Å². The van der Waals surface area contributed by atoms with E-state index >= 15 is 0 Å². The van der Waals surface area contributed by atoms with E-state index in [4.69, 9.17) is 4.74 Å². The molecule has 0 aliphatic carbocycles. The van der Waals surface area contributed by atoms with Crippen LogP contribution >= 0.6 is 0 Å². The number of rotatable bonds is 25. The Labute approximate surface area is 219 Å². The van der Waals surface area contributed by atoms with Crippen molar-refractivity contribution in [1.29, 1.82) is 0 Å². The van der Waals surface area contributed by atoms with Crippen LogP contribution in [0, 0.1) is 0 Å². The normalized spacial score (nSPS) is 12.1. The Hall–Kier alpha value is -1.31. The van der Waals surface area contributed by atoms with Gasteiger partial charge in [-0.05, 0) is 37.8 Å². The Bertz CT molecular complexity index is 568. The molecular weight excluding hydrogens is 428 g/mol. The molecule has 0 saturated heterocycles. The number of hydrogen-bond acceptors (Lipinski definition) is 2. The molecule has 2 heteroatoms. The van der Waals surface area contributed by atoms with E-state index in [9.17, 15) is 4.79 Å². The Kier molecular flexibility index (Phi) is 22.1. The van der Waals surface area contributed by atoms with E-state index in [0.717, 1.165) is 12.8 Å². The van der Waals surface area contributed by atoms with Gasteiger partial charge < -0.3 is 4.74 Å². The quantitative estimate of drug-likeness (QED) is 0.101. The number of unbranched alkanes of at least 4 members (excludes halogenated alkanes) is 19. The first kappa shape index (κ1) is 31.7. The molecule has 202 valence electrons. The van der Waals surface area contributed by atoms with Crippen molar-refractivity contribution in [1.82, 2.24) is 0 Å². The second-order valence-electron chi connectivity index (χ2n) is 10.7. The lowest BCUT2D eigenvalue weighted by Gasteiger charge is -2.18. The average molecular weight is 487 g/mol. The molecule has 0 aromatic heterocycles. The van der Waals surface area contributed by atoms with Gasteiger partial charge in [0.05, 0.1) is 5.56 Å². The lowest BCUT2D eigenvalue weighted by Crippen LogP contribution is -2.18. The summed E-state index contributed by atoms with van der Waals surface area (Å²) < 4.78 is 5.97.